The molecule has 7 nitrogen and oxygen atoms in total. The number of carbonyl (C=O) groups is 1. The maximum Gasteiger partial charge on any atom is 0.407 e. The molecule has 3 N–H and O–H groups in total. The lowest BCUT2D eigenvalue weighted by Crippen LogP contribution is -2.30. The summed E-state index contributed by atoms with van der Waals surface area (Å²) in [5.41, 5.74) is 1.14. The SMILES string of the molecule is COc1cccnc1C(O)C(O)CCNC(=O)OCc1ccccc1. The number of ether oxygens (including phenoxy) is 2. The second kappa shape index (κ2) is 9.61. The smallest absolute Gasteiger partial charge is 0.407 e. The quantitative estimate of drug-likeness (QED) is 0.674. The fourth-order valence-electron chi connectivity index (χ4n) is 2.23. The van der Waals surface area contributed by atoms with Gasteiger partial charge in [-0.15, -0.1) is 0 Å². The van der Waals surface area contributed by atoms with E-state index in [1.54, 1.807) is 12.1 Å². The standard InChI is InChI=1S/C18H22N2O5/c1-24-15-8-5-10-19-16(15)17(22)14(21)9-11-20-18(23)25-12-13-6-3-2-4-7-13/h2-8,10,14,17,21-22H,9,11-12H2,1H3,(H,20,23). The van der Waals surface area contributed by atoms with Crippen LogP contribution in [0.15, 0.2) is 48.7 Å². The zero-order chi connectivity index (χ0) is 18.1. The van der Waals surface area contributed by atoms with Crippen LogP contribution >= 0.6 is 0 Å². The number of aromatic nitrogens is 1. The number of amides is 1. The molecule has 0 aliphatic heterocycles. The number of carbonyl (C=O) groups excluding carboxylic acids is 1. The molecule has 0 aliphatic rings. The minimum Gasteiger partial charge on any atom is -0.495 e. The van der Waals surface area contributed by atoms with Gasteiger partial charge >= 0.3 is 6.09 Å². The first-order valence-electron chi connectivity index (χ1n) is 7.91. The Kier molecular flexibility index (Phi) is 7.18. The number of nitrogens with zero attached hydrogens (tertiary/aromatic N) is 1. The van der Waals surface area contributed by atoms with Crippen LogP contribution in [0, 0.1) is 0 Å². The van der Waals surface area contributed by atoms with Gasteiger partial charge in [0.25, 0.3) is 0 Å². The highest BCUT2D eigenvalue weighted by atomic mass is 16.5. The predicted molar refractivity (Wildman–Crippen MR) is 91.0 cm³/mol. The molecule has 7 heteroatoms. The molecule has 1 aromatic heterocycles. The van der Waals surface area contributed by atoms with Gasteiger partial charge in [0.15, 0.2) is 0 Å². The highest BCUT2D eigenvalue weighted by Gasteiger charge is 2.23. The Labute approximate surface area is 146 Å². The van der Waals surface area contributed by atoms with Gasteiger partial charge in [0.05, 0.1) is 13.2 Å². The van der Waals surface area contributed by atoms with E-state index in [1.165, 1.54) is 13.3 Å². The monoisotopic (exact) mass is 346 g/mol. The number of aliphatic hydroxyl groups is 2. The third kappa shape index (κ3) is 5.74. The summed E-state index contributed by atoms with van der Waals surface area (Å²) in [6.45, 7) is 0.323. The zero-order valence-electron chi connectivity index (χ0n) is 14.0. The number of hydrogen-bond acceptors (Lipinski definition) is 6. The van der Waals surface area contributed by atoms with Gasteiger partial charge in [-0.2, -0.15) is 0 Å². The lowest BCUT2D eigenvalue weighted by Gasteiger charge is -2.19. The molecular weight excluding hydrogens is 324 g/mol. The summed E-state index contributed by atoms with van der Waals surface area (Å²) in [6.07, 6.45) is -1.24. The predicted octanol–water partition coefficient (Wildman–Crippen LogP) is 1.80. The van der Waals surface area contributed by atoms with Crippen LogP contribution < -0.4 is 10.1 Å². The fourth-order valence-corrected chi connectivity index (χ4v) is 2.23. The van der Waals surface area contributed by atoms with Crippen molar-refractivity contribution >= 4 is 6.09 Å². The summed E-state index contributed by atoms with van der Waals surface area (Å²) in [6, 6.07) is 12.6. The molecule has 0 bridgehead atoms. The molecular formula is C18H22N2O5. The molecule has 0 radical (unpaired) electrons. The van der Waals surface area contributed by atoms with Gasteiger partial charge in [-0.1, -0.05) is 30.3 Å². The molecule has 0 aliphatic carbocycles. The van der Waals surface area contributed by atoms with Crippen LogP contribution in [0.4, 0.5) is 4.79 Å². The van der Waals surface area contributed by atoms with Crippen LogP contribution in [-0.4, -0.2) is 41.0 Å². The van der Waals surface area contributed by atoms with E-state index in [4.69, 9.17) is 9.47 Å². The van der Waals surface area contributed by atoms with Crippen LogP contribution in [0.3, 0.4) is 0 Å². The minimum absolute atomic E-state index is 0.140. The van der Waals surface area contributed by atoms with Crippen molar-refractivity contribution < 1.29 is 24.5 Å². The first kappa shape index (κ1) is 18.7. The van der Waals surface area contributed by atoms with E-state index in [2.05, 4.69) is 10.3 Å². The fraction of sp³-hybridized carbons (Fsp3) is 0.333. The van der Waals surface area contributed by atoms with Crippen molar-refractivity contribution in [2.45, 2.75) is 25.2 Å². The second-order valence-corrected chi connectivity index (χ2v) is 5.38. The third-order valence-corrected chi connectivity index (χ3v) is 3.59. The molecule has 2 rings (SSSR count). The van der Waals surface area contributed by atoms with Gasteiger partial charge in [-0.3, -0.25) is 4.98 Å². The van der Waals surface area contributed by atoms with E-state index in [0.717, 1.165) is 5.56 Å². The number of alkyl carbamates (subject to hydrolysis) is 1. The number of benzene rings is 1. The van der Waals surface area contributed by atoms with Crippen molar-refractivity contribution in [2.24, 2.45) is 0 Å². The first-order valence-corrected chi connectivity index (χ1v) is 7.91. The Balaban J connectivity index is 1.74. The van der Waals surface area contributed by atoms with Crippen LogP contribution in [0.1, 0.15) is 23.8 Å². The summed E-state index contributed by atoms with van der Waals surface area (Å²) in [5.74, 6) is 0.393. The highest BCUT2D eigenvalue weighted by molar-refractivity contribution is 5.67. The Morgan fingerprint density at radius 1 is 1.20 bits per heavy atom. The molecule has 0 saturated heterocycles. The number of nitrogens with one attached hydrogen (secondary N) is 1. The van der Waals surface area contributed by atoms with E-state index in [1.807, 2.05) is 30.3 Å². The van der Waals surface area contributed by atoms with E-state index >= 15 is 0 Å². The first-order chi connectivity index (χ1) is 12.1. The maximum absolute atomic E-state index is 11.6. The number of hydrogen-bond donors (Lipinski definition) is 3. The van der Waals surface area contributed by atoms with Gasteiger partial charge in [-0.05, 0) is 24.1 Å². The largest absolute Gasteiger partial charge is 0.495 e. The van der Waals surface area contributed by atoms with E-state index in [-0.39, 0.29) is 25.3 Å². The normalized spacial score (nSPS) is 12.9. The number of methoxy groups -OCH3 is 1. The van der Waals surface area contributed by atoms with Gasteiger partial charge in [0.2, 0.25) is 0 Å². The number of aliphatic hydroxyl groups excluding tert-OH is 2. The zero-order valence-corrected chi connectivity index (χ0v) is 14.0. The van der Waals surface area contributed by atoms with Gasteiger partial charge < -0.3 is 25.0 Å². The lowest BCUT2D eigenvalue weighted by molar-refractivity contribution is 0.00972. The Morgan fingerprint density at radius 2 is 1.96 bits per heavy atom. The van der Waals surface area contributed by atoms with Crippen LogP contribution in [0.2, 0.25) is 0 Å². The van der Waals surface area contributed by atoms with Gasteiger partial charge in [0.1, 0.15) is 24.2 Å². The van der Waals surface area contributed by atoms with E-state index < -0.39 is 18.3 Å². The molecule has 0 fully saturated rings. The molecule has 2 atom stereocenters. The Bertz CT molecular complexity index is 666. The third-order valence-electron chi connectivity index (χ3n) is 3.59. The molecule has 25 heavy (non-hydrogen) atoms. The Morgan fingerprint density at radius 3 is 2.68 bits per heavy atom. The summed E-state index contributed by atoms with van der Waals surface area (Å²) in [7, 11) is 1.46. The summed E-state index contributed by atoms with van der Waals surface area (Å²) in [4.78, 5) is 15.7. The van der Waals surface area contributed by atoms with Crippen molar-refractivity contribution in [3.8, 4) is 5.75 Å². The summed E-state index contributed by atoms with van der Waals surface area (Å²) in [5, 5.41) is 22.8. The van der Waals surface area contributed by atoms with E-state index in [0.29, 0.717) is 5.75 Å². The van der Waals surface area contributed by atoms with Crippen molar-refractivity contribution in [3.05, 3.63) is 59.9 Å². The van der Waals surface area contributed by atoms with Crippen LogP contribution in [0.25, 0.3) is 0 Å². The molecule has 2 aromatic rings. The molecule has 2 unspecified atom stereocenters. The average Bonchev–Trinajstić information content (AvgIpc) is 2.66. The molecule has 0 saturated carbocycles. The molecule has 0 spiro atoms. The van der Waals surface area contributed by atoms with Gasteiger partial charge in [-0.25, -0.2) is 4.79 Å². The highest BCUT2D eigenvalue weighted by Crippen LogP contribution is 2.25. The number of rotatable bonds is 8. The Hall–Kier alpha value is -2.64. The van der Waals surface area contributed by atoms with Crippen LogP contribution in [-0.2, 0) is 11.3 Å². The van der Waals surface area contributed by atoms with Crippen molar-refractivity contribution in [3.63, 3.8) is 0 Å². The number of pyridine rings is 1. The van der Waals surface area contributed by atoms with Crippen molar-refractivity contribution in [2.75, 3.05) is 13.7 Å². The molecule has 134 valence electrons. The molecule has 1 amide bonds. The van der Waals surface area contributed by atoms with Crippen molar-refractivity contribution in [1.82, 2.24) is 10.3 Å². The molecule has 1 heterocycles. The minimum atomic E-state index is -1.21. The van der Waals surface area contributed by atoms with Gasteiger partial charge in [0, 0.05) is 12.7 Å². The lowest BCUT2D eigenvalue weighted by atomic mass is 10.1. The summed E-state index contributed by atoms with van der Waals surface area (Å²) >= 11 is 0. The molecule has 1 aromatic carbocycles. The van der Waals surface area contributed by atoms with Crippen LogP contribution in [0.5, 0.6) is 5.75 Å². The maximum atomic E-state index is 11.6. The topological polar surface area (TPSA) is 101 Å². The van der Waals surface area contributed by atoms with Crippen molar-refractivity contribution in [1.29, 1.82) is 0 Å². The summed E-state index contributed by atoms with van der Waals surface area (Å²) < 4.78 is 10.2. The second-order valence-electron chi connectivity index (χ2n) is 5.38. The van der Waals surface area contributed by atoms with E-state index in [9.17, 15) is 15.0 Å². The average molecular weight is 346 g/mol.